The Morgan fingerprint density at radius 2 is 1.25 bits per heavy atom. The van der Waals surface area contributed by atoms with Crippen molar-refractivity contribution in [2.45, 2.75) is 19.3 Å². The van der Waals surface area contributed by atoms with Crippen molar-refractivity contribution < 1.29 is 17.6 Å². The highest BCUT2D eigenvalue weighted by atomic mass is 19.2. The second-order valence-electron chi connectivity index (χ2n) is 3.05. The van der Waals surface area contributed by atoms with E-state index < -0.39 is 32.1 Å². The molecule has 0 aromatic carbocycles. The molecule has 0 nitrogen and oxygen atoms in total. The summed E-state index contributed by atoms with van der Waals surface area (Å²) < 4.78 is 48.1. The van der Waals surface area contributed by atoms with Crippen molar-refractivity contribution in [2.24, 2.45) is 5.41 Å². The third-order valence-electron chi connectivity index (χ3n) is 1.94. The smallest absolute Gasteiger partial charge is 0.100 e. The van der Waals surface area contributed by atoms with Crippen molar-refractivity contribution in [3.63, 3.8) is 0 Å². The molecular weight excluding hydrogens is 172 g/mol. The summed E-state index contributed by atoms with van der Waals surface area (Å²) in [5.74, 6) is 0. The van der Waals surface area contributed by atoms with Gasteiger partial charge in [0.15, 0.2) is 0 Å². The molecule has 0 saturated heterocycles. The van der Waals surface area contributed by atoms with Crippen LogP contribution in [-0.4, -0.2) is 26.7 Å². The zero-order valence-corrected chi connectivity index (χ0v) is 6.96. The Kier molecular flexibility index (Phi) is 6.11. The maximum absolute atomic E-state index is 12.2. The van der Waals surface area contributed by atoms with Crippen molar-refractivity contribution in [2.75, 3.05) is 26.7 Å². The molecule has 0 radical (unpaired) electrons. The largest absolute Gasteiger partial charge is 0.251 e. The molecule has 0 spiro atoms. The molecule has 0 bridgehead atoms. The fraction of sp³-hybridized carbons (Fsp3) is 1.00. The molecule has 4 heteroatoms. The van der Waals surface area contributed by atoms with Gasteiger partial charge in [0.2, 0.25) is 0 Å². The topological polar surface area (TPSA) is 0 Å². The molecule has 0 fully saturated rings. The number of hydrogen-bond acceptors (Lipinski definition) is 0. The molecule has 0 aliphatic carbocycles. The minimum Gasteiger partial charge on any atom is -0.251 e. The minimum absolute atomic E-state index is 0.0837. The van der Waals surface area contributed by atoms with Crippen LogP contribution in [0.25, 0.3) is 0 Å². The molecule has 0 aliphatic rings. The standard InChI is InChI=1S/C8H14F4/c9-4-2-1-3-8(5-10,6-11)7-12/h1-7H2. The number of alkyl halides is 4. The van der Waals surface area contributed by atoms with Crippen LogP contribution in [0.4, 0.5) is 17.6 Å². The lowest BCUT2D eigenvalue weighted by molar-refractivity contribution is 0.0982. The van der Waals surface area contributed by atoms with Gasteiger partial charge in [0.25, 0.3) is 0 Å². The summed E-state index contributed by atoms with van der Waals surface area (Å²) in [7, 11) is 0. The van der Waals surface area contributed by atoms with Gasteiger partial charge in [-0.25, -0.2) is 0 Å². The molecule has 74 valence electrons. The molecule has 0 heterocycles. The normalized spacial score (nSPS) is 12.0. The second kappa shape index (κ2) is 6.26. The molecule has 0 aromatic rings. The van der Waals surface area contributed by atoms with Crippen molar-refractivity contribution in [1.82, 2.24) is 0 Å². The van der Waals surface area contributed by atoms with Crippen LogP contribution in [0, 0.1) is 5.41 Å². The number of halogens is 4. The molecule has 0 N–H and O–H groups in total. The SMILES string of the molecule is FCCCCC(CF)(CF)CF. The van der Waals surface area contributed by atoms with Crippen molar-refractivity contribution in [1.29, 1.82) is 0 Å². The average molecular weight is 186 g/mol. The number of unbranched alkanes of at least 4 members (excludes halogenated alkanes) is 1. The first kappa shape index (κ1) is 11.7. The van der Waals surface area contributed by atoms with E-state index in [1.807, 2.05) is 0 Å². The van der Waals surface area contributed by atoms with Gasteiger partial charge in [-0.05, 0) is 12.8 Å². The van der Waals surface area contributed by atoms with Crippen LogP contribution in [0.1, 0.15) is 19.3 Å². The second-order valence-corrected chi connectivity index (χ2v) is 3.05. The van der Waals surface area contributed by atoms with E-state index in [1.54, 1.807) is 0 Å². The summed E-state index contributed by atoms with van der Waals surface area (Å²) in [6, 6.07) is 0. The number of hydrogen-bond donors (Lipinski definition) is 0. The fourth-order valence-corrected chi connectivity index (χ4v) is 0.902. The Balaban J connectivity index is 3.76. The Morgan fingerprint density at radius 1 is 0.750 bits per heavy atom. The van der Waals surface area contributed by atoms with Crippen LogP contribution in [0.5, 0.6) is 0 Å². The third-order valence-corrected chi connectivity index (χ3v) is 1.94. The maximum atomic E-state index is 12.2. The van der Waals surface area contributed by atoms with Crippen molar-refractivity contribution in [3.05, 3.63) is 0 Å². The zero-order valence-electron chi connectivity index (χ0n) is 6.96. The van der Waals surface area contributed by atoms with E-state index in [0.717, 1.165) is 0 Å². The van der Waals surface area contributed by atoms with Gasteiger partial charge in [0.05, 0.1) is 12.1 Å². The van der Waals surface area contributed by atoms with Crippen molar-refractivity contribution >= 4 is 0 Å². The van der Waals surface area contributed by atoms with Gasteiger partial charge in [0.1, 0.15) is 20.0 Å². The van der Waals surface area contributed by atoms with Crippen LogP contribution in [0.3, 0.4) is 0 Å². The fourth-order valence-electron chi connectivity index (χ4n) is 0.902. The van der Waals surface area contributed by atoms with E-state index in [-0.39, 0.29) is 12.8 Å². The van der Waals surface area contributed by atoms with E-state index in [4.69, 9.17) is 0 Å². The lowest BCUT2D eigenvalue weighted by Crippen LogP contribution is -2.28. The van der Waals surface area contributed by atoms with Crippen LogP contribution in [0.15, 0.2) is 0 Å². The quantitative estimate of drug-likeness (QED) is 0.423. The summed E-state index contributed by atoms with van der Waals surface area (Å²) in [5, 5.41) is 0. The highest BCUT2D eigenvalue weighted by molar-refractivity contribution is 4.77. The van der Waals surface area contributed by atoms with E-state index >= 15 is 0 Å². The molecule has 0 amide bonds. The van der Waals surface area contributed by atoms with E-state index in [1.165, 1.54) is 0 Å². The number of rotatable bonds is 7. The van der Waals surface area contributed by atoms with Gasteiger partial charge >= 0.3 is 0 Å². The van der Waals surface area contributed by atoms with Gasteiger partial charge in [-0.15, -0.1) is 0 Å². The summed E-state index contributed by atoms with van der Waals surface area (Å²) in [4.78, 5) is 0. The molecule has 0 rings (SSSR count). The Morgan fingerprint density at radius 3 is 1.58 bits per heavy atom. The predicted molar refractivity (Wildman–Crippen MR) is 40.2 cm³/mol. The molecule has 0 aliphatic heterocycles. The first-order valence-electron chi connectivity index (χ1n) is 3.98. The highest BCUT2D eigenvalue weighted by Gasteiger charge is 2.30. The van der Waals surface area contributed by atoms with Gasteiger partial charge in [-0.3, -0.25) is 17.6 Å². The Hall–Kier alpha value is -0.280. The van der Waals surface area contributed by atoms with Gasteiger partial charge in [-0.1, -0.05) is 6.42 Å². The summed E-state index contributed by atoms with van der Waals surface area (Å²) in [5.41, 5.74) is -1.49. The average Bonchev–Trinajstić information content (AvgIpc) is 2.14. The van der Waals surface area contributed by atoms with E-state index in [9.17, 15) is 17.6 Å². The summed E-state index contributed by atoms with van der Waals surface area (Å²) in [6.07, 6.45) is 0.677. The van der Waals surface area contributed by atoms with E-state index in [0.29, 0.717) is 6.42 Å². The van der Waals surface area contributed by atoms with Crippen LogP contribution < -0.4 is 0 Å². The van der Waals surface area contributed by atoms with Crippen LogP contribution in [0.2, 0.25) is 0 Å². The Bertz CT molecular complexity index is 93.0. The zero-order chi connectivity index (χ0) is 9.45. The van der Waals surface area contributed by atoms with Crippen LogP contribution >= 0.6 is 0 Å². The molecule has 12 heavy (non-hydrogen) atoms. The summed E-state index contributed by atoms with van der Waals surface area (Å²) >= 11 is 0. The lowest BCUT2D eigenvalue weighted by atomic mass is 9.87. The van der Waals surface area contributed by atoms with Crippen molar-refractivity contribution in [3.8, 4) is 0 Å². The molecule has 0 saturated carbocycles. The Labute approximate surface area is 70.0 Å². The molecule has 0 aromatic heterocycles. The first-order valence-corrected chi connectivity index (χ1v) is 3.98. The summed E-state index contributed by atoms with van der Waals surface area (Å²) in [6.45, 7) is -3.54. The van der Waals surface area contributed by atoms with Gasteiger partial charge in [0, 0.05) is 0 Å². The van der Waals surface area contributed by atoms with Crippen LogP contribution in [-0.2, 0) is 0 Å². The minimum atomic E-state index is -1.49. The molecule has 0 unspecified atom stereocenters. The van der Waals surface area contributed by atoms with E-state index in [2.05, 4.69) is 0 Å². The van der Waals surface area contributed by atoms with Gasteiger partial charge in [-0.2, -0.15) is 0 Å². The third kappa shape index (κ3) is 3.41. The van der Waals surface area contributed by atoms with Gasteiger partial charge < -0.3 is 0 Å². The molecular formula is C8H14F4. The maximum Gasteiger partial charge on any atom is 0.100 e. The lowest BCUT2D eigenvalue weighted by Gasteiger charge is -2.23. The molecule has 0 atom stereocenters. The first-order chi connectivity index (χ1) is 5.74. The predicted octanol–water partition coefficient (Wildman–Crippen LogP) is 3.02. The highest BCUT2D eigenvalue weighted by Crippen LogP contribution is 2.26. The monoisotopic (exact) mass is 186 g/mol.